The Labute approximate surface area is 214 Å². The van der Waals surface area contributed by atoms with E-state index in [1.54, 1.807) is 24.3 Å². The summed E-state index contributed by atoms with van der Waals surface area (Å²) in [6, 6.07) is 14.3. The fourth-order valence-electron chi connectivity index (χ4n) is 4.30. The van der Waals surface area contributed by atoms with Crippen molar-refractivity contribution in [3.05, 3.63) is 64.5 Å². The van der Waals surface area contributed by atoms with Crippen LogP contribution >= 0.6 is 15.9 Å². The molecule has 1 amide bonds. The number of aromatic nitrogens is 2. The smallest absolute Gasteiger partial charge is 0.241 e. The Morgan fingerprint density at radius 2 is 1.91 bits per heavy atom. The van der Waals surface area contributed by atoms with E-state index >= 15 is 0 Å². The first-order valence-electron chi connectivity index (χ1n) is 11.6. The highest BCUT2D eigenvalue weighted by Crippen LogP contribution is 2.24. The Bertz CT molecular complexity index is 1260. The standard InChI is InChI=1S/C25H29BrN4O4S/c1-3-22(17-8-12-21(13-9-17)35(2,32)33)27-25(31)19-5-4-14-30(15-19)16-23-28-24(29-34-23)18-6-10-20(26)11-7-18/h6-13,19,22H,3-5,14-16H2,1-2H3,(H,27,31). The van der Waals surface area contributed by atoms with Gasteiger partial charge in [0.05, 0.1) is 23.4 Å². The molecule has 8 nitrogen and oxygen atoms in total. The lowest BCUT2D eigenvalue weighted by Gasteiger charge is -2.32. The molecule has 0 spiro atoms. The molecule has 35 heavy (non-hydrogen) atoms. The molecular formula is C25H29BrN4O4S. The minimum atomic E-state index is -3.25. The minimum absolute atomic E-state index is 0.00909. The third kappa shape index (κ3) is 6.56. The van der Waals surface area contributed by atoms with Crippen molar-refractivity contribution in [2.75, 3.05) is 19.3 Å². The molecule has 2 heterocycles. The first-order valence-corrected chi connectivity index (χ1v) is 14.3. The summed E-state index contributed by atoms with van der Waals surface area (Å²) in [6.07, 6.45) is 3.62. The van der Waals surface area contributed by atoms with Crippen LogP contribution in [-0.2, 0) is 21.2 Å². The van der Waals surface area contributed by atoms with E-state index in [2.05, 4.69) is 36.3 Å². The zero-order chi connectivity index (χ0) is 25.0. The fourth-order valence-corrected chi connectivity index (χ4v) is 5.19. The summed E-state index contributed by atoms with van der Waals surface area (Å²) in [4.78, 5) is 20.1. The van der Waals surface area contributed by atoms with Gasteiger partial charge in [0.2, 0.25) is 17.6 Å². The average Bonchev–Trinajstić information content (AvgIpc) is 3.31. The van der Waals surface area contributed by atoms with Gasteiger partial charge < -0.3 is 9.84 Å². The van der Waals surface area contributed by atoms with E-state index in [9.17, 15) is 13.2 Å². The van der Waals surface area contributed by atoms with Gasteiger partial charge in [-0.25, -0.2) is 8.42 Å². The Morgan fingerprint density at radius 1 is 1.20 bits per heavy atom. The lowest BCUT2D eigenvalue weighted by Crippen LogP contribution is -2.43. The molecule has 3 aromatic rings. The second kappa shape index (κ2) is 11.0. The van der Waals surface area contributed by atoms with Crippen LogP contribution < -0.4 is 5.32 Å². The molecule has 1 aliphatic heterocycles. The number of carbonyl (C=O) groups is 1. The first kappa shape index (κ1) is 25.5. The van der Waals surface area contributed by atoms with Crippen molar-refractivity contribution in [2.24, 2.45) is 5.92 Å². The second-order valence-corrected chi connectivity index (χ2v) is 11.8. The lowest BCUT2D eigenvalue weighted by molar-refractivity contribution is -0.127. The molecule has 0 radical (unpaired) electrons. The molecule has 0 bridgehead atoms. The highest BCUT2D eigenvalue weighted by Gasteiger charge is 2.28. The Balaban J connectivity index is 1.36. The summed E-state index contributed by atoms with van der Waals surface area (Å²) in [5.74, 6) is 0.949. The van der Waals surface area contributed by atoms with Gasteiger partial charge in [-0.15, -0.1) is 0 Å². The van der Waals surface area contributed by atoms with Crippen LogP contribution in [0.1, 0.15) is 43.7 Å². The molecule has 186 valence electrons. The first-order chi connectivity index (χ1) is 16.7. The van der Waals surface area contributed by atoms with Crippen molar-refractivity contribution in [1.29, 1.82) is 0 Å². The maximum absolute atomic E-state index is 13.1. The molecule has 1 aromatic heterocycles. The van der Waals surface area contributed by atoms with Gasteiger partial charge in [-0.2, -0.15) is 4.98 Å². The minimum Gasteiger partial charge on any atom is -0.349 e. The van der Waals surface area contributed by atoms with Crippen molar-refractivity contribution < 1.29 is 17.7 Å². The molecule has 1 saturated heterocycles. The number of carbonyl (C=O) groups excluding carboxylic acids is 1. The van der Waals surface area contributed by atoms with Gasteiger partial charge in [-0.3, -0.25) is 9.69 Å². The highest BCUT2D eigenvalue weighted by atomic mass is 79.9. The van der Waals surface area contributed by atoms with E-state index in [-0.39, 0.29) is 22.8 Å². The molecule has 10 heteroatoms. The third-order valence-corrected chi connectivity index (χ3v) is 7.90. The lowest BCUT2D eigenvalue weighted by atomic mass is 9.95. The maximum atomic E-state index is 13.1. The summed E-state index contributed by atoms with van der Waals surface area (Å²) < 4.78 is 29.9. The molecule has 0 aliphatic carbocycles. The molecule has 4 rings (SSSR count). The predicted molar refractivity (Wildman–Crippen MR) is 136 cm³/mol. The van der Waals surface area contributed by atoms with Gasteiger partial charge in [0.15, 0.2) is 9.84 Å². The van der Waals surface area contributed by atoms with Crippen LogP contribution in [0.3, 0.4) is 0 Å². The third-order valence-electron chi connectivity index (χ3n) is 6.24. The SMILES string of the molecule is CCC(NC(=O)C1CCCN(Cc2nc(-c3ccc(Br)cc3)no2)C1)c1ccc(S(C)(=O)=O)cc1. The number of nitrogens with zero attached hydrogens (tertiary/aromatic N) is 3. The Kier molecular flexibility index (Phi) is 8.03. The van der Waals surface area contributed by atoms with Crippen molar-refractivity contribution in [3.63, 3.8) is 0 Å². The second-order valence-electron chi connectivity index (χ2n) is 8.90. The van der Waals surface area contributed by atoms with Gasteiger partial charge in [0.1, 0.15) is 0 Å². The van der Waals surface area contributed by atoms with E-state index in [0.717, 1.165) is 35.0 Å². The number of hydrogen-bond donors (Lipinski definition) is 1. The van der Waals surface area contributed by atoms with E-state index < -0.39 is 9.84 Å². The summed E-state index contributed by atoms with van der Waals surface area (Å²) in [5, 5.41) is 7.25. The Hall–Kier alpha value is -2.56. The van der Waals surface area contributed by atoms with E-state index in [1.807, 2.05) is 31.2 Å². The quantitative estimate of drug-likeness (QED) is 0.435. The maximum Gasteiger partial charge on any atom is 0.241 e. The van der Waals surface area contributed by atoms with Gasteiger partial charge in [-0.1, -0.05) is 40.1 Å². The van der Waals surface area contributed by atoms with Gasteiger partial charge in [0, 0.05) is 22.8 Å². The monoisotopic (exact) mass is 560 g/mol. The van der Waals surface area contributed by atoms with Crippen molar-refractivity contribution in [3.8, 4) is 11.4 Å². The fraction of sp³-hybridized carbons (Fsp3) is 0.400. The Morgan fingerprint density at radius 3 is 2.57 bits per heavy atom. The molecule has 1 fully saturated rings. The van der Waals surface area contributed by atoms with Gasteiger partial charge in [0.25, 0.3) is 0 Å². The molecule has 2 atom stereocenters. The van der Waals surface area contributed by atoms with Crippen LogP contribution in [0.15, 0.2) is 62.4 Å². The van der Waals surface area contributed by atoms with E-state index in [1.165, 1.54) is 6.26 Å². The number of hydrogen-bond acceptors (Lipinski definition) is 7. The zero-order valence-corrected chi connectivity index (χ0v) is 22.2. The van der Waals surface area contributed by atoms with Crippen LogP contribution in [-0.4, -0.2) is 48.7 Å². The van der Waals surface area contributed by atoms with Crippen LogP contribution in [0.2, 0.25) is 0 Å². The largest absolute Gasteiger partial charge is 0.349 e. The van der Waals surface area contributed by atoms with Crippen LogP contribution in [0.25, 0.3) is 11.4 Å². The molecule has 2 unspecified atom stereocenters. The van der Waals surface area contributed by atoms with E-state index in [0.29, 0.717) is 31.2 Å². The number of amides is 1. The zero-order valence-electron chi connectivity index (χ0n) is 19.8. The predicted octanol–water partition coefficient (Wildman–Crippen LogP) is 4.38. The van der Waals surface area contributed by atoms with Crippen molar-refractivity contribution >= 4 is 31.7 Å². The number of piperidine rings is 1. The number of rotatable bonds is 8. The van der Waals surface area contributed by atoms with E-state index in [4.69, 9.17) is 4.52 Å². The number of benzene rings is 2. The summed E-state index contributed by atoms with van der Waals surface area (Å²) in [7, 11) is -3.25. The number of sulfone groups is 1. The summed E-state index contributed by atoms with van der Waals surface area (Å²) in [5.41, 5.74) is 1.78. The van der Waals surface area contributed by atoms with Crippen molar-refractivity contribution in [2.45, 2.75) is 43.7 Å². The summed E-state index contributed by atoms with van der Waals surface area (Å²) >= 11 is 3.42. The number of likely N-dealkylation sites (tertiary alicyclic amines) is 1. The normalized spacial score (nSPS) is 17.7. The highest BCUT2D eigenvalue weighted by molar-refractivity contribution is 9.10. The molecule has 1 N–H and O–H groups in total. The average molecular weight is 562 g/mol. The van der Waals surface area contributed by atoms with Gasteiger partial charge >= 0.3 is 0 Å². The molecule has 0 saturated carbocycles. The summed E-state index contributed by atoms with van der Waals surface area (Å²) in [6.45, 7) is 3.98. The molecule has 1 aliphatic rings. The van der Waals surface area contributed by atoms with Crippen molar-refractivity contribution in [1.82, 2.24) is 20.4 Å². The molecular weight excluding hydrogens is 532 g/mol. The van der Waals surface area contributed by atoms with Crippen LogP contribution in [0.5, 0.6) is 0 Å². The van der Waals surface area contributed by atoms with Crippen LogP contribution in [0.4, 0.5) is 0 Å². The van der Waals surface area contributed by atoms with Gasteiger partial charge in [-0.05, 0) is 67.8 Å². The number of halogens is 1. The molecule has 2 aromatic carbocycles. The van der Waals surface area contributed by atoms with Crippen LogP contribution in [0, 0.1) is 5.92 Å². The number of nitrogens with one attached hydrogen (secondary N) is 1. The topological polar surface area (TPSA) is 105 Å².